The highest BCUT2D eigenvalue weighted by molar-refractivity contribution is 6.33. The topological polar surface area (TPSA) is 139 Å². The van der Waals surface area contributed by atoms with Gasteiger partial charge in [0.1, 0.15) is 11.8 Å². The number of hydrogen-bond donors (Lipinski definition) is 1. The van der Waals surface area contributed by atoms with Crippen molar-refractivity contribution in [2.75, 3.05) is 36.5 Å². The van der Waals surface area contributed by atoms with E-state index in [1.54, 1.807) is 30.9 Å². The molecule has 4 aliphatic rings. The summed E-state index contributed by atoms with van der Waals surface area (Å²) in [5, 5.41) is 8.62. The molecule has 0 saturated carbocycles. The first-order chi connectivity index (χ1) is 27.0. The molecule has 13 nitrogen and oxygen atoms in total. The molecule has 1 unspecified atom stereocenters. The number of fused-ring (bicyclic) bond motifs is 3. The fourth-order valence-corrected chi connectivity index (χ4v) is 9.08. The Kier molecular flexibility index (Phi) is 8.72. The molecule has 3 aromatic carbocycles. The van der Waals surface area contributed by atoms with Crippen LogP contribution in [0.1, 0.15) is 70.0 Å². The smallest absolute Gasteiger partial charge is 0.262 e. The van der Waals surface area contributed by atoms with Gasteiger partial charge in [0.25, 0.3) is 17.4 Å². The van der Waals surface area contributed by atoms with E-state index in [0.717, 1.165) is 89.3 Å². The predicted molar refractivity (Wildman–Crippen MR) is 212 cm³/mol. The minimum Gasteiger partial charge on any atom is -0.497 e. The van der Waals surface area contributed by atoms with E-state index in [1.165, 1.54) is 5.56 Å². The van der Waals surface area contributed by atoms with Gasteiger partial charge in [0.15, 0.2) is 0 Å². The number of nitrogens with zero attached hydrogens (tertiary/aromatic N) is 6. The summed E-state index contributed by atoms with van der Waals surface area (Å²) in [6.45, 7) is 4.08. The lowest BCUT2D eigenvalue weighted by Crippen LogP contribution is -2.54. The SMILES string of the molecule is COc1cc(N2CCCc3cc(-c4cnn(C5CCN(c6ccc7c(c6)C(=O)N(C6CCC(=O)NC6=O)C7=O)CC5)c4)c(Cl)cc32)c2cc(C)c(=O)n(C)c2c1. The highest BCUT2D eigenvalue weighted by Gasteiger charge is 2.45. The van der Waals surface area contributed by atoms with Crippen molar-refractivity contribution in [2.24, 2.45) is 7.05 Å². The molecule has 286 valence electrons. The molecule has 9 rings (SSSR count). The molecule has 56 heavy (non-hydrogen) atoms. The zero-order chi connectivity index (χ0) is 39.0. The van der Waals surface area contributed by atoms with Crippen LogP contribution in [0.25, 0.3) is 22.0 Å². The summed E-state index contributed by atoms with van der Waals surface area (Å²) in [5.74, 6) is -1.36. The van der Waals surface area contributed by atoms with Crippen LogP contribution in [-0.4, -0.2) is 75.7 Å². The third kappa shape index (κ3) is 5.83. The average molecular weight is 774 g/mol. The van der Waals surface area contributed by atoms with Crippen LogP contribution in [0.5, 0.6) is 5.75 Å². The van der Waals surface area contributed by atoms with Crippen LogP contribution in [0.3, 0.4) is 0 Å². The Morgan fingerprint density at radius 1 is 0.857 bits per heavy atom. The summed E-state index contributed by atoms with van der Waals surface area (Å²) in [4.78, 5) is 69.0. The fourth-order valence-electron chi connectivity index (χ4n) is 8.82. The Morgan fingerprint density at radius 3 is 2.41 bits per heavy atom. The lowest BCUT2D eigenvalue weighted by atomic mass is 9.96. The van der Waals surface area contributed by atoms with E-state index in [9.17, 15) is 24.0 Å². The number of aromatic nitrogens is 3. The molecular weight excluding hydrogens is 734 g/mol. The summed E-state index contributed by atoms with van der Waals surface area (Å²) in [5.41, 5.74) is 7.89. The number of amides is 4. The summed E-state index contributed by atoms with van der Waals surface area (Å²) in [7, 11) is 3.43. The lowest BCUT2D eigenvalue weighted by molar-refractivity contribution is -0.136. The van der Waals surface area contributed by atoms with Gasteiger partial charge in [-0.05, 0) is 81.0 Å². The van der Waals surface area contributed by atoms with Gasteiger partial charge < -0.3 is 19.1 Å². The summed E-state index contributed by atoms with van der Waals surface area (Å²) < 4.78 is 9.37. The number of ether oxygens (including phenoxy) is 1. The van der Waals surface area contributed by atoms with Crippen LogP contribution in [0.4, 0.5) is 17.1 Å². The normalized spacial score (nSPS) is 18.8. The second-order valence-electron chi connectivity index (χ2n) is 15.1. The number of carbonyl (C=O) groups is 4. The van der Waals surface area contributed by atoms with E-state index in [-0.39, 0.29) is 35.6 Å². The molecule has 6 heterocycles. The molecule has 5 aromatic rings. The first-order valence-electron chi connectivity index (χ1n) is 18.9. The molecular formula is C42H40ClN7O6. The number of halogens is 1. The van der Waals surface area contributed by atoms with Crippen molar-refractivity contribution in [3.8, 4) is 16.9 Å². The van der Waals surface area contributed by atoms with Gasteiger partial charge in [-0.2, -0.15) is 5.10 Å². The lowest BCUT2D eigenvalue weighted by Gasteiger charge is -2.34. The van der Waals surface area contributed by atoms with Crippen LogP contribution < -0.4 is 25.4 Å². The molecule has 1 N–H and O–H groups in total. The standard InChI is InChI=1S/C42H40ClN7O6/c1-23-15-32-36(46(2)40(23)53)18-28(56-3)19-37(32)48-12-4-5-24-16-30(33(43)20-35(24)48)25-21-44-49(22-25)26-10-13-47(14-11-26)27-6-7-29-31(17-27)42(55)50(41(29)54)34-8-9-38(51)45-39(34)52/h6-7,15-22,26,34H,4-5,8-14H2,1-3H3,(H,45,51,52). The molecule has 1 atom stereocenters. The quantitative estimate of drug-likeness (QED) is 0.216. The van der Waals surface area contributed by atoms with Gasteiger partial charge in [-0.3, -0.25) is 38.9 Å². The Labute approximate surface area is 327 Å². The number of hydrogen-bond acceptors (Lipinski definition) is 9. The second-order valence-corrected chi connectivity index (χ2v) is 15.5. The minimum atomic E-state index is -0.994. The predicted octanol–water partition coefficient (Wildman–Crippen LogP) is 5.70. The molecule has 2 fully saturated rings. The van der Waals surface area contributed by atoms with Crippen molar-refractivity contribution < 1.29 is 23.9 Å². The van der Waals surface area contributed by atoms with Crippen LogP contribution in [0, 0.1) is 6.92 Å². The number of nitrogens with one attached hydrogen (secondary N) is 1. The van der Waals surface area contributed by atoms with Crippen molar-refractivity contribution in [2.45, 2.75) is 57.5 Å². The highest BCUT2D eigenvalue weighted by Crippen LogP contribution is 2.43. The minimum absolute atomic E-state index is 0.0355. The Balaban J connectivity index is 0.920. The number of anilines is 3. The van der Waals surface area contributed by atoms with Gasteiger partial charge in [0.05, 0.1) is 46.7 Å². The van der Waals surface area contributed by atoms with Crippen LogP contribution in [0.2, 0.25) is 5.02 Å². The van der Waals surface area contributed by atoms with Crippen molar-refractivity contribution in [3.63, 3.8) is 0 Å². The third-order valence-corrected chi connectivity index (χ3v) is 12.1. The van der Waals surface area contributed by atoms with E-state index in [0.29, 0.717) is 16.3 Å². The van der Waals surface area contributed by atoms with Gasteiger partial charge in [0.2, 0.25) is 11.8 Å². The van der Waals surface area contributed by atoms with Crippen LogP contribution in [-0.2, 0) is 23.1 Å². The van der Waals surface area contributed by atoms with Crippen molar-refractivity contribution >= 4 is 63.2 Å². The number of benzene rings is 3. The molecule has 4 aliphatic heterocycles. The zero-order valence-electron chi connectivity index (χ0n) is 31.3. The number of imide groups is 2. The molecule has 0 radical (unpaired) electrons. The largest absolute Gasteiger partial charge is 0.497 e. The summed E-state index contributed by atoms with van der Waals surface area (Å²) >= 11 is 7.08. The molecule has 0 bridgehead atoms. The average Bonchev–Trinajstić information content (AvgIpc) is 3.79. The maximum Gasteiger partial charge on any atom is 0.262 e. The monoisotopic (exact) mass is 773 g/mol. The van der Waals surface area contributed by atoms with Crippen molar-refractivity contribution in [1.82, 2.24) is 24.6 Å². The Hall–Kier alpha value is -5.95. The van der Waals surface area contributed by atoms with E-state index < -0.39 is 29.7 Å². The molecule has 2 saturated heterocycles. The summed E-state index contributed by atoms with van der Waals surface area (Å²) in [6, 6.07) is 14.5. The Bertz CT molecular complexity index is 2570. The van der Waals surface area contributed by atoms with Gasteiger partial charge >= 0.3 is 0 Å². The molecule has 4 amide bonds. The van der Waals surface area contributed by atoms with Crippen molar-refractivity contribution in [1.29, 1.82) is 0 Å². The second kappa shape index (κ2) is 13.7. The Morgan fingerprint density at radius 2 is 1.64 bits per heavy atom. The highest BCUT2D eigenvalue weighted by atomic mass is 35.5. The third-order valence-electron chi connectivity index (χ3n) is 11.8. The molecule has 2 aromatic heterocycles. The number of piperidine rings is 2. The number of rotatable bonds is 6. The maximum absolute atomic E-state index is 13.4. The number of pyridine rings is 1. The molecule has 0 spiro atoms. The van der Waals surface area contributed by atoms with E-state index in [2.05, 4.69) is 27.4 Å². The van der Waals surface area contributed by atoms with Gasteiger partial charge in [0, 0.05) is 84.9 Å². The fraction of sp³-hybridized carbons (Fsp3) is 0.333. The van der Waals surface area contributed by atoms with E-state index in [1.807, 2.05) is 48.1 Å². The van der Waals surface area contributed by atoms with Gasteiger partial charge in [-0.1, -0.05) is 11.6 Å². The first-order valence-corrected chi connectivity index (χ1v) is 19.3. The number of methoxy groups -OCH3 is 1. The van der Waals surface area contributed by atoms with Crippen LogP contribution >= 0.6 is 11.6 Å². The summed E-state index contributed by atoms with van der Waals surface area (Å²) in [6.07, 6.45) is 7.62. The molecule has 0 aliphatic carbocycles. The first kappa shape index (κ1) is 35.7. The maximum atomic E-state index is 13.4. The van der Waals surface area contributed by atoms with Crippen LogP contribution in [0.15, 0.2) is 65.7 Å². The molecule has 14 heteroatoms. The van der Waals surface area contributed by atoms with Crippen molar-refractivity contribution in [3.05, 3.63) is 98.6 Å². The number of aryl methyl sites for hydroxylation is 3. The number of carbonyl (C=O) groups excluding carboxylic acids is 4. The van der Waals surface area contributed by atoms with Gasteiger partial charge in [-0.15, -0.1) is 0 Å². The zero-order valence-corrected chi connectivity index (χ0v) is 32.1. The van der Waals surface area contributed by atoms with E-state index in [4.69, 9.17) is 21.4 Å². The van der Waals surface area contributed by atoms with E-state index >= 15 is 0 Å². The van der Waals surface area contributed by atoms with Gasteiger partial charge in [-0.25, -0.2) is 0 Å².